The molecule has 0 nitrogen and oxygen atoms in total. The highest BCUT2D eigenvalue weighted by atomic mass is 32.1. The smallest absolute Gasteiger partial charge is 0.0900 e. The summed E-state index contributed by atoms with van der Waals surface area (Å²) in [4.78, 5) is 5.38. The normalized spacial score (nSPS) is 13.2. The van der Waals surface area contributed by atoms with E-state index in [9.17, 15) is 0 Å². The van der Waals surface area contributed by atoms with E-state index in [1.807, 2.05) is 22.7 Å². The van der Waals surface area contributed by atoms with Gasteiger partial charge in [0.15, 0.2) is 0 Å². The third-order valence-electron chi connectivity index (χ3n) is 13.4. The summed E-state index contributed by atoms with van der Waals surface area (Å²) in [5, 5.41) is 15.3. The fraction of sp³-hybridized carbons (Fsp3) is 0.0508. The van der Waals surface area contributed by atoms with Gasteiger partial charge in [-0.2, -0.15) is 0 Å². The predicted octanol–water partition coefficient (Wildman–Crippen LogP) is 17.0. The van der Waals surface area contributed by atoms with Gasteiger partial charge in [0, 0.05) is 19.5 Å². The SMILES string of the molecule is Cc1ccc(C2(c3ccc(C)s3)c3cc(-c4c5ccccc5cc5cc6ccccc6cc45)ccc3-c3ccc(-c4c5ccccc5cc5cc6ccccc6cc45)cc32)s1. The van der Waals surface area contributed by atoms with Gasteiger partial charge >= 0.3 is 0 Å². The van der Waals surface area contributed by atoms with Gasteiger partial charge < -0.3 is 0 Å². The van der Waals surface area contributed by atoms with Crippen LogP contribution in [0.1, 0.15) is 30.6 Å². The Hall–Kier alpha value is -6.84. The van der Waals surface area contributed by atoms with Crippen molar-refractivity contribution in [2.45, 2.75) is 19.3 Å². The Morgan fingerprint density at radius 1 is 0.311 bits per heavy atom. The minimum absolute atomic E-state index is 0.505. The van der Waals surface area contributed by atoms with Crippen molar-refractivity contribution in [2.75, 3.05) is 0 Å². The molecule has 0 N–H and O–H groups in total. The van der Waals surface area contributed by atoms with Crippen molar-refractivity contribution in [3.63, 3.8) is 0 Å². The van der Waals surface area contributed by atoms with Crippen LogP contribution in [0.2, 0.25) is 0 Å². The molecule has 1 aliphatic carbocycles. The largest absolute Gasteiger partial charge is 0.144 e. The van der Waals surface area contributed by atoms with Gasteiger partial charge in [0.25, 0.3) is 0 Å². The molecule has 0 aliphatic heterocycles. The molecule has 2 heterocycles. The zero-order chi connectivity index (χ0) is 40.4. The highest BCUT2D eigenvalue weighted by Gasteiger charge is 2.48. The fourth-order valence-electron chi connectivity index (χ4n) is 10.7. The maximum atomic E-state index is 2.56. The van der Waals surface area contributed by atoms with E-state index in [2.05, 4.69) is 208 Å². The summed E-state index contributed by atoms with van der Waals surface area (Å²) in [6.07, 6.45) is 0. The van der Waals surface area contributed by atoms with Crippen LogP contribution >= 0.6 is 22.7 Å². The van der Waals surface area contributed by atoms with Crippen LogP contribution in [-0.4, -0.2) is 0 Å². The number of rotatable bonds is 4. The molecule has 0 radical (unpaired) electrons. The van der Waals surface area contributed by atoms with E-state index in [1.54, 1.807) is 0 Å². The van der Waals surface area contributed by atoms with E-state index in [0.29, 0.717) is 0 Å². The van der Waals surface area contributed by atoms with Crippen LogP contribution < -0.4 is 0 Å². The van der Waals surface area contributed by atoms with Crippen LogP contribution in [0.4, 0.5) is 0 Å². The zero-order valence-corrected chi connectivity index (χ0v) is 35.4. The average molecular weight is 811 g/mol. The third-order valence-corrected chi connectivity index (χ3v) is 15.6. The van der Waals surface area contributed by atoms with Gasteiger partial charge in [-0.3, -0.25) is 0 Å². The molecule has 0 saturated carbocycles. The Balaban J connectivity index is 1.13. The van der Waals surface area contributed by atoms with Gasteiger partial charge in [0.05, 0.1) is 5.41 Å². The molecule has 0 amide bonds. The number of hydrogen-bond acceptors (Lipinski definition) is 2. The summed E-state index contributed by atoms with van der Waals surface area (Å²) in [5.74, 6) is 0. The topological polar surface area (TPSA) is 0 Å². The van der Waals surface area contributed by atoms with Crippen LogP contribution in [-0.2, 0) is 5.41 Å². The molecule has 13 rings (SSSR count). The molecule has 0 fully saturated rings. The Labute approximate surface area is 362 Å². The summed E-state index contributed by atoms with van der Waals surface area (Å²) >= 11 is 3.88. The molecule has 2 aromatic heterocycles. The van der Waals surface area contributed by atoms with E-state index in [0.717, 1.165) is 0 Å². The summed E-state index contributed by atoms with van der Waals surface area (Å²) < 4.78 is 0. The first-order valence-electron chi connectivity index (χ1n) is 21.1. The van der Waals surface area contributed by atoms with Crippen molar-refractivity contribution in [2.24, 2.45) is 0 Å². The van der Waals surface area contributed by atoms with Crippen LogP contribution in [0.25, 0.3) is 98.0 Å². The van der Waals surface area contributed by atoms with Gasteiger partial charge in [0.1, 0.15) is 0 Å². The molecule has 286 valence electrons. The van der Waals surface area contributed by atoms with E-state index in [1.165, 1.54) is 129 Å². The molecular formula is C59H38S2. The Morgan fingerprint density at radius 3 is 1.10 bits per heavy atom. The average Bonchev–Trinajstić information content (AvgIpc) is 4.01. The predicted molar refractivity (Wildman–Crippen MR) is 265 cm³/mol. The summed E-state index contributed by atoms with van der Waals surface area (Å²) in [7, 11) is 0. The van der Waals surface area contributed by atoms with Gasteiger partial charge in [-0.1, -0.05) is 121 Å². The quantitative estimate of drug-likeness (QED) is 0.155. The Morgan fingerprint density at radius 2 is 0.689 bits per heavy atom. The number of aryl methyl sites for hydroxylation is 2. The standard InChI is InChI=1S/C59H38S2/c1-35-19-25-55(60-35)59(56-26-20-36(2)61-56)53-33-43(57-47-17-9-7-15-41(47)29-45-27-37-11-3-5-13-39(37)31-51(45)57)21-23-49(53)50-24-22-44(34-54(50)59)58-48-18-10-8-16-42(48)30-46-28-38-12-4-6-14-40(38)32-52(46)58/h3-34H,1-2H3. The van der Waals surface area contributed by atoms with Gasteiger partial charge in [-0.05, 0) is 196 Å². The van der Waals surface area contributed by atoms with Crippen LogP contribution in [0.3, 0.4) is 0 Å². The molecule has 2 heteroatoms. The third kappa shape index (κ3) is 5.10. The second-order valence-corrected chi connectivity index (χ2v) is 19.5. The second-order valence-electron chi connectivity index (χ2n) is 16.9. The minimum Gasteiger partial charge on any atom is -0.144 e. The fourth-order valence-corrected chi connectivity index (χ4v) is 13.0. The van der Waals surface area contributed by atoms with Crippen molar-refractivity contribution in [1.29, 1.82) is 0 Å². The highest BCUT2D eigenvalue weighted by molar-refractivity contribution is 7.14. The van der Waals surface area contributed by atoms with E-state index < -0.39 is 5.41 Å². The van der Waals surface area contributed by atoms with E-state index in [-0.39, 0.29) is 0 Å². The first kappa shape index (κ1) is 35.0. The minimum atomic E-state index is -0.505. The van der Waals surface area contributed by atoms with Crippen molar-refractivity contribution >= 4 is 87.3 Å². The lowest BCUT2D eigenvalue weighted by molar-refractivity contribution is 0.808. The number of thiophene rings is 2. The van der Waals surface area contributed by atoms with Crippen molar-refractivity contribution < 1.29 is 0 Å². The van der Waals surface area contributed by atoms with Crippen LogP contribution in [0.5, 0.6) is 0 Å². The number of fused-ring (bicyclic) bond motifs is 9. The molecule has 0 spiro atoms. The summed E-state index contributed by atoms with van der Waals surface area (Å²) in [6, 6.07) is 74.0. The lowest BCUT2D eigenvalue weighted by atomic mass is 9.74. The Kier molecular flexibility index (Phi) is 7.50. The maximum Gasteiger partial charge on any atom is 0.0900 e. The van der Waals surface area contributed by atoms with Crippen molar-refractivity contribution in [1.82, 2.24) is 0 Å². The molecule has 1 aliphatic rings. The molecule has 0 bridgehead atoms. The monoisotopic (exact) mass is 810 g/mol. The first-order valence-corrected chi connectivity index (χ1v) is 22.8. The number of benzene rings is 10. The zero-order valence-electron chi connectivity index (χ0n) is 33.8. The van der Waals surface area contributed by atoms with E-state index in [4.69, 9.17) is 0 Å². The molecule has 61 heavy (non-hydrogen) atoms. The van der Waals surface area contributed by atoms with Crippen LogP contribution in [0, 0.1) is 13.8 Å². The Bertz CT molecular complexity index is 3540. The molecule has 0 unspecified atom stereocenters. The van der Waals surface area contributed by atoms with Crippen LogP contribution in [0.15, 0.2) is 194 Å². The molecule has 0 saturated heterocycles. The lowest BCUT2D eigenvalue weighted by Gasteiger charge is -2.31. The maximum absolute atomic E-state index is 2.56. The summed E-state index contributed by atoms with van der Waals surface area (Å²) in [5.41, 5.74) is 9.93. The second kappa shape index (κ2) is 13.1. The van der Waals surface area contributed by atoms with Gasteiger partial charge in [0.2, 0.25) is 0 Å². The van der Waals surface area contributed by atoms with Crippen molar-refractivity contribution in [3.05, 3.63) is 225 Å². The van der Waals surface area contributed by atoms with Gasteiger partial charge in [-0.15, -0.1) is 22.7 Å². The molecular weight excluding hydrogens is 773 g/mol. The number of hydrogen-bond donors (Lipinski definition) is 0. The molecule has 12 aromatic rings. The highest BCUT2D eigenvalue weighted by Crippen LogP contribution is 2.60. The van der Waals surface area contributed by atoms with E-state index >= 15 is 0 Å². The molecule has 0 atom stereocenters. The lowest BCUT2D eigenvalue weighted by Crippen LogP contribution is -2.26. The summed E-state index contributed by atoms with van der Waals surface area (Å²) in [6.45, 7) is 4.51. The van der Waals surface area contributed by atoms with Gasteiger partial charge in [-0.25, -0.2) is 0 Å². The molecule has 10 aromatic carbocycles. The van der Waals surface area contributed by atoms with Crippen molar-refractivity contribution in [3.8, 4) is 33.4 Å². The first-order chi connectivity index (χ1) is 30.0.